The zero-order chi connectivity index (χ0) is 19.1. The Labute approximate surface area is 156 Å². The molecule has 0 radical (unpaired) electrons. The number of benzene rings is 1. The van der Waals surface area contributed by atoms with Crippen LogP contribution in [0.25, 0.3) is 0 Å². The molecule has 1 aromatic carbocycles. The first-order valence-electron chi connectivity index (χ1n) is 8.17. The Morgan fingerprint density at radius 2 is 1.77 bits per heavy atom. The van der Waals surface area contributed by atoms with Crippen molar-refractivity contribution in [2.24, 2.45) is 0 Å². The van der Waals surface area contributed by atoms with Crippen molar-refractivity contribution in [2.45, 2.75) is 32.8 Å². The van der Waals surface area contributed by atoms with Crippen LogP contribution in [-0.4, -0.2) is 28.7 Å². The van der Waals surface area contributed by atoms with E-state index in [1.165, 1.54) is 25.3 Å². The molecular formula is C19H19ClN2O4. The molecule has 0 unspecified atom stereocenters. The number of ketones is 1. The van der Waals surface area contributed by atoms with Crippen LogP contribution in [0.2, 0.25) is 5.15 Å². The second-order valence-corrected chi connectivity index (χ2v) is 6.04. The molecule has 0 aliphatic carbocycles. The van der Waals surface area contributed by atoms with Crippen LogP contribution in [0.15, 0.2) is 42.6 Å². The predicted molar refractivity (Wildman–Crippen MR) is 98.4 cm³/mol. The van der Waals surface area contributed by atoms with Gasteiger partial charge in [0.05, 0.1) is 5.56 Å². The maximum absolute atomic E-state index is 12.4. The largest absolute Gasteiger partial charge is 0.451 e. The van der Waals surface area contributed by atoms with Crippen LogP contribution in [-0.2, 0) is 9.53 Å². The second kappa shape index (κ2) is 9.10. The standard InChI is InChI=1S/C19H19ClN2O4/c1-3-4-17(23)22-15-8-5-13(6-9-15)18(24)12(2)26-19(25)14-7-10-16(20)21-11-14/h5-12H,3-4H2,1-2H3,(H,22,23)/t12-/m1/s1. The molecule has 1 aromatic heterocycles. The number of hydrogen-bond acceptors (Lipinski definition) is 5. The van der Waals surface area contributed by atoms with E-state index < -0.39 is 12.1 Å². The van der Waals surface area contributed by atoms with E-state index in [0.717, 1.165) is 6.42 Å². The highest BCUT2D eigenvalue weighted by molar-refractivity contribution is 6.29. The van der Waals surface area contributed by atoms with Gasteiger partial charge in [0.1, 0.15) is 5.15 Å². The molecule has 0 fully saturated rings. The molecule has 1 amide bonds. The molecule has 0 saturated carbocycles. The molecule has 0 aliphatic rings. The van der Waals surface area contributed by atoms with Crippen LogP contribution >= 0.6 is 11.6 Å². The number of ether oxygens (including phenoxy) is 1. The maximum Gasteiger partial charge on any atom is 0.340 e. The lowest BCUT2D eigenvalue weighted by molar-refractivity contribution is -0.116. The third-order valence-corrected chi connectivity index (χ3v) is 3.77. The maximum atomic E-state index is 12.4. The molecule has 0 saturated heterocycles. The van der Waals surface area contributed by atoms with E-state index >= 15 is 0 Å². The zero-order valence-electron chi connectivity index (χ0n) is 14.5. The molecule has 26 heavy (non-hydrogen) atoms. The Morgan fingerprint density at radius 3 is 2.35 bits per heavy atom. The van der Waals surface area contributed by atoms with Crippen LogP contribution in [0.5, 0.6) is 0 Å². The summed E-state index contributed by atoms with van der Waals surface area (Å²) in [4.78, 5) is 39.8. The normalized spacial score (nSPS) is 11.5. The minimum atomic E-state index is -0.960. The molecule has 7 heteroatoms. The number of carbonyl (C=O) groups is 3. The fourth-order valence-corrected chi connectivity index (χ4v) is 2.29. The average Bonchev–Trinajstić information content (AvgIpc) is 2.62. The summed E-state index contributed by atoms with van der Waals surface area (Å²) in [5.41, 5.74) is 1.20. The summed E-state index contributed by atoms with van der Waals surface area (Å²) in [6.07, 6.45) is 1.52. The number of nitrogens with one attached hydrogen (secondary N) is 1. The van der Waals surface area contributed by atoms with Crippen molar-refractivity contribution in [1.29, 1.82) is 0 Å². The summed E-state index contributed by atoms with van der Waals surface area (Å²) < 4.78 is 5.18. The highest BCUT2D eigenvalue weighted by Gasteiger charge is 2.20. The SMILES string of the molecule is CCCC(=O)Nc1ccc(C(=O)[C@@H](C)OC(=O)c2ccc(Cl)nc2)cc1. The smallest absolute Gasteiger partial charge is 0.340 e. The Morgan fingerprint density at radius 1 is 1.12 bits per heavy atom. The Bertz CT molecular complexity index is 788. The van der Waals surface area contributed by atoms with Crippen LogP contribution < -0.4 is 5.32 Å². The number of nitrogens with zero attached hydrogens (tertiary/aromatic N) is 1. The van der Waals surface area contributed by atoms with Crippen LogP contribution in [0.4, 0.5) is 5.69 Å². The lowest BCUT2D eigenvalue weighted by Crippen LogP contribution is -2.24. The van der Waals surface area contributed by atoms with Gasteiger partial charge in [0, 0.05) is 23.9 Å². The molecule has 0 spiro atoms. The number of pyridine rings is 1. The van der Waals surface area contributed by atoms with Crippen molar-refractivity contribution in [2.75, 3.05) is 5.32 Å². The number of hydrogen-bond donors (Lipinski definition) is 1. The van der Waals surface area contributed by atoms with Gasteiger partial charge in [-0.1, -0.05) is 18.5 Å². The van der Waals surface area contributed by atoms with Gasteiger partial charge in [0.15, 0.2) is 6.10 Å². The minimum Gasteiger partial charge on any atom is -0.451 e. The Kier molecular flexibility index (Phi) is 6.86. The molecular weight excluding hydrogens is 356 g/mol. The molecule has 1 heterocycles. The number of amides is 1. The molecule has 2 rings (SSSR count). The lowest BCUT2D eigenvalue weighted by atomic mass is 10.1. The van der Waals surface area contributed by atoms with Crippen LogP contribution in [0.1, 0.15) is 47.4 Å². The number of carbonyl (C=O) groups excluding carboxylic acids is 3. The lowest BCUT2D eigenvalue weighted by Gasteiger charge is -2.13. The van der Waals surface area contributed by atoms with E-state index in [-0.39, 0.29) is 22.4 Å². The third kappa shape index (κ3) is 5.39. The fraction of sp³-hybridized carbons (Fsp3) is 0.263. The number of halogens is 1. The van der Waals surface area contributed by atoms with Crippen molar-refractivity contribution in [3.05, 3.63) is 58.9 Å². The first kappa shape index (κ1) is 19.6. The van der Waals surface area contributed by atoms with E-state index in [1.54, 1.807) is 24.3 Å². The molecule has 6 nitrogen and oxygen atoms in total. The third-order valence-electron chi connectivity index (χ3n) is 3.55. The summed E-state index contributed by atoms with van der Waals surface area (Å²) in [5, 5.41) is 3.00. The topological polar surface area (TPSA) is 85.4 Å². The van der Waals surface area contributed by atoms with E-state index in [0.29, 0.717) is 17.7 Å². The van der Waals surface area contributed by atoms with Gasteiger partial charge in [-0.2, -0.15) is 0 Å². The Hall–Kier alpha value is -2.73. The highest BCUT2D eigenvalue weighted by Crippen LogP contribution is 2.14. The zero-order valence-corrected chi connectivity index (χ0v) is 15.2. The van der Waals surface area contributed by atoms with Crippen molar-refractivity contribution < 1.29 is 19.1 Å². The van der Waals surface area contributed by atoms with Gasteiger partial charge in [-0.05, 0) is 49.7 Å². The van der Waals surface area contributed by atoms with Gasteiger partial charge in [-0.25, -0.2) is 9.78 Å². The van der Waals surface area contributed by atoms with Gasteiger partial charge in [-0.3, -0.25) is 9.59 Å². The quantitative estimate of drug-likeness (QED) is 0.451. The fourth-order valence-electron chi connectivity index (χ4n) is 2.18. The van der Waals surface area contributed by atoms with Gasteiger partial charge in [-0.15, -0.1) is 0 Å². The molecule has 1 atom stereocenters. The highest BCUT2D eigenvalue weighted by atomic mass is 35.5. The minimum absolute atomic E-state index is 0.0783. The molecule has 136 valence electrons. The van der Waals surface area contributed by atoms with Gasteiger partial charge < -0.3 is 10.1 Å². The van der Waals surface area contributed by atoms with Crippen molar-refractivity contribution in [3.8, 4) is 0 Å². The van der Waals surface area contributed by atoms with Crippen molar-refractivity contribution >= 4 is 34.9 Å². The monoisotopic (exact) mass is 374 g/mol. The molecule has 2 aromatic rings. The summed E-state index contributed by atoms with van der Waals surface area (Å²) in [6.45, 7) is 3.42. The summed E-state index contributed by atoms with van der Waals surface area (Å²) >= 11 is 5.67. The average molecular weight is 375 g/mol. The van der Waals surface area contributed by atoms with Crippen LogP contribution in [0.3, 0.4) is 0 Å². The first-order valence-corrected chi connectivity index (χ1v) is 8.55. The summed E-state index contributed by atoms with van der Waals surface area (Å²) in [6, 6.07) is 9.38. The van der Waals surface area contributed by atoms with Gasteiger partial charge in [0.2, 0.25) is 11.7 Å². The van der Waals surface area contributed by atoms with Crippen LogP contribution in [0, 0.1) is 0 Å². The number of anilines is 1. The number of aromatic nitrogens is 1. The molecule has 0 bridgehead atoms. The summed E-state index contributed by atoms with van der Waals surface area (Å²) in [7, 11) is 0. The van der Waals surface area contributed by atoms with Gasteiger partial charge in [0.25, 0.3) is 0 Å². The number of esters is 1. The van der Waals surface area contributed by atoms with E-state index in [2.05, 4.69) is 10.3 Å². The second-order valence-electron chi connectivity index (χ2n) is 5.66. The molecule has 0 aliphatic heterocycles. The predicted octanol–water partition coefficient (Wildman–Crippen LogP) is 3.90. The van der Waals surface area contributed by atoms with Crippen molar-refractivity contribution in [1.82, 2.24) is 4.98 Å². The van der Waals surface area contributed by atoms with E-state index in [4.69, 9.17) is 16.3 Å². The summed E-state index contributed by atoms with van der Waals surface area (Å²) in [5.74, 6) is -1.07. The first-order chi connectivity index (χ1) is 12.4. The van der Waals surface area contributed by atoms with Crippen molar-refractivity contribution in [3.63, 3.8) is 0 Å². The van der Waals surface area contributed by atoms with E-state index in [1.807, 2.05) is 6.92 Å². The van der Waals surface area contributed by atoms with E-state index in [9.17, 15) is 14.4 Å². The number of rotatable bonds is 7. The van der Waals surface area contributed by atoms with Gasteiger partial charge >= 0.3 is 5.97 Å². The Balaban J connectivity index is 1.98. The molecule has 1 N–H and O–H groups in total. The number of Topliss-reactive ketones (excluding diaryl/α,β-unsaturated/α-hetero) is 1.